The summed E-state index contributed by atoms with van der Waals surface area (Å²) in [6.45, 7) is 7.37. The second kappa shape index (κ2) is 9.03. The van der Waals surface area contributed by atoms with Gasteiger partial charge in [-0.15, -0.1) is 11.3 Å². The first-order valence-corrected chi connectivity index (χ1v) is 11.8. The van der Waals surface area contributed by atoms with E-state index in [2.05, 4.69) is 24.1 Å². The number of nitrogens with zero attached hydrogens (tertiary/aromatic N) is 3. The first-order valence-electron chi connectivity index (χ1n) is 10.6. The lowest BCUT2D eigenvalue weighted by Gasteiger charge is -2.35. The molecule has 32 heavy (non-hydrogen) atoms. The van der Waals surface area contributed by atoms with Crippen LogP contribution in [-0.4, -0.2) is 39.4 Å². The molecule has 2 atom stereocenters. The van der Waals surface area contributed by atoms with Gasteiger partial charge in [0.2, 0.25) is 5.91 Å². The molecule has 1 aliphatic heterocycles. The number of rotatable bonds is 4. The Morgan fingerprint density at radius 2 is 1.97 bits per heavy atom. The minimum absolute atomic E-state index is 0.0550. The number of anilines is 1. The van der Waals surface area contributed by atoms with Crippen molar-refractivity contribution in [1.29, 1.82) is 0 Å². The van der Waals surface area contributed by atoms with Gasteiger partial charge in [-0.1, -0.05) is 31.5 Å². The molecule has 1 aromatic carbocycles. The minimum atomic E-state index is -0.328. The molecule has 0 unspecified atom stereocenters. The fourth-order valence-corrected chi connectivity index (χ4v) is 5.58. The van der Waals surface area contributed by atoms with E-state index in [4.69, 9.17) is 11.6 Å². The third kappa shape index (κ3) is 4.56. The summed E-state index contributed by atoms with van der Waals surface area (Å²) in [4.78, 5) is 45.9. The Labute approximate surface area is 195 Å². The molecule has 1 fully saturated rings. The smallest absolute Gasteiger partial charge is 0.266 e. The molecule has 0 aliphatic carbocycles. The van der Waals surface area contributed by atoms with E-state index in [0.29, 0.717) is 56.3 Å². The van der Waals surface area contributed by atoms with E-state index in [1.54, 1.807) is 31.2 Å². The largest absolute Gasteiger partial charge is 0.341 e. The molecule has 168 valence electrons. The maximum Gasteiger partial charge on any atom is 0.266 e. The number of halogens is 1. The molecule has 2 amide bonds. The number of hydrogen-bond acceptors (Lipinski definition) is 5. The van der Waals surface area contributed by atoms with E-state index in [-0.39, 0.29) is 23.9 Å². The molecule has 0 bridgehead atoms. The van der Waals surface area contributed by atoms with Crippen LogP contribution in [0.5, 0.6) is 0 Å². The third-order valence-corrected chi connectivity index (χ3v) is 7.17. The summed E-state index contributed by atoms with van der Waals surface area (Å²) in [7, 11) is 0. The van der Waals surface area contributed by atoms with Crippen molar-refractivity contribution in [3.8, 4) is 0 Å². The van der Waals surface area contributed by atoms with Crippen molar-refractivity contribution in [2.24, 2.45) is 11.8 Å². The maximum absolute atomic E-state index is 13.1. The first kappa shape index (κ1) is 22.5. The summed E-state index contributed by atoms with van der Waals surface area (Å²) in [5.41, 5.74) is 0.821. The molecule has 9 heteroatoms. The maximum atomic E-state index is 13.1. The Morgan fingerprint density at radius 1 is 1.25 bits per heavy atom. The summed E-state index contributed by atoms with van der Waals surface area (Å²) in [5.74, 6) is 0.476. The fraction of sp³-hybridized carbons (Fsp3) is 0.391. The van der Waals surface area contributed by atoms with Crippen LogP contribution in [0.25, 0.3) is 10.2 Å². The molecule has 3 heterocycles. The van der Waals surface area contributed by atoms with Crippen LogP contribution < -0.4 is 10.9 Å². The van der Waals surface area contributed by atoms with Crippen molar-refractivity contribution >= 4 is 50.7 Å². The van der Waals surface area contributed by atoms with Gasteiger partial charge in [0.15, 0.2) is 0 Å². The highest BCUT2D eigenvalue weighted by Gasteiger charge is 2.26. The highest BCUT2D eigenvalue weighted by atomic mass is 35.5. The van der Waals surface area contributed by atoms with Crippen molar-refractivity contribution in [3.63, 3.8) is 0 Å². The minimum Gasteiger partial charge on any atom is -0.341 e. The SMILES string of the molecule is Cc1c(C(=O)Nc2cccc(Cl)c2)sc2ncn(CC(=O)N3C[C@@H](C)C[C@H](C)C3)c(=O)c12. The van der Waals surface area contributed by atoms with Crippen molar-refractivity contribution in [1.82, 2.24) is 14.5 Å². The van der Waals surface area contributed by atoms with Gasteiger partial charge >= 0.3 is 0 Å². The van der Waals surface area contributed by atoms with Crippen molar-refractivity contribution in [2.75, 3.05) is 18.4 Å². The van der Waals surface area contributed by atoms with Crippen LogP contribution in [0.2, 0.25) is 5.02 Å². The molecule has 7 nitrogen and oxygen atoms in total. The lowest BCUT2D eigenvalue weighted by Crippen LogP contribution is -2.44. The van der Waals surface area contributed by atoms with Crippen LogP contribution in [0.4, 0.5) is 5.69 Å². The predicted octanol–water partition coefficient (Wildman–Crippen LogP) is 4.18. The zero-order chi connectivity index (χ0) is 23.0. The Bertz CT molecular complexity index is 1240. The van der Waals surface area contributed by atoms with Gasteiger partial charge in [-0.25, -0.2) is 4.98 Å². The van der Waals surface area contributed by atoms with Gasteiger partial charge in [0, 0.05) is 23.8 Å². The molecule has 1 saturated heterocycles. The van der Waals surface area contributed by atoms with Crippen molar-refractivity contribution in [3.05, 3.63) is 56.4 Å². The van der Waals surface area contributed by atoms with E-state index in [0.717, 1.165) is 17.8 Å². The van der Waals surface area contributed by atoms with Gasteiger partial charge in [-0.2, -0.15) is 0 Å². The normalized spacial score (nSPS) is 18.7. The highest BCUT2D eigenvalue weighted by molar-refractivity contribution is 7.20. The molecule has 2 aromatic heterocycles. The van der Waals surface area contributed by atoms with Crippen molar-refractivity contribution < 1.29 is 9.59 Å². The van der Waals surface area contributed by atoms with Crippen LogP contribution in [0.15, 0.2) is 35.4 Å². The molecular formula is C23H25ClN4O3S. The zero-order valence-electron chi connectivity index (χ0n) is 18.2. The number of hydrogen-bond donors (Lipinski definition) is 1. The number of likely N-dealkylation sites (tertiary alicyclic amines) is 1. The van der Waals surface area contributed by atoms with Gasteiger partial charge < -0.3 is 10.2 Å². The van der Waals surface area contributed by atoms with Gasteiger partial charge in [0.05, 0.1) is 16.6 Å². The Hall–Kier alpha value is -2.71. The average Bonchev–Trinajstić information content (AvgIpc) is 3.06. The number of aryl methyl sites for hydroxylation is 1. The van der Waals surface area contributed by atoms with E-state index < -0.39 is 0 Å². The fourth-order valence-electron chi connectivity index (χ4n) is 4.35. The van der Waals surface area contributed by atoms with Crippen LogP contribution in [0.3, 0.4) is 0 Å². The second-order valence-electron chi connectivity index (χ2n) is 8.62. The Kier molecular flexibility index (Phi) is 6.35. The summed E-state index contributed by atoms with van der Waals surface area (Å²) in [6, 6.07) is 6.87. The standard InChI is InChI=1S/C23H25ClN4O3S/c1-13-7-14(2)10-27(9-13)18(29)11-28-12-25-22-19(23(28)31)15(3)20(32-22)21(30)26-17-6-4-5-16(24)8-17/h4-6,8,12-14H,7,9-11H2,1-3H3,(H,26,30)/t13-,14-/m0/s1. The van der Waals surface area contributed by atoms with Gasteiger partial charge in [-0.3, -0.25) is 19.0 Å². The third-order valence-electron chi connectivity index (χ3n) is 5.73. The van der Waals surface area contributed by atoms with Crippen molar-refractivity contribution in [2.45, 2.75) is 33.7 Å². The number of aromatic nitrogens is 2. The van der Waals surface area contributed by atoms with Crippen LogP contribution in [-0.2, 0) is 11.3 Å². The molecular weight excluding hydrogens is 448 g/mol. The topological polar surface area (TPSA) is 84.3 Å². The van der Waals surface area contributed by atoms with E-state index in [1.807, 2.05) is 4.90 Å². The summed E-state index contributed by atoms with van der Waals surface area (Å²) in [5, 5.41) is 3.70. The molecule has 1 N–H and O–H groups in total. The van der Waals surface area contributed by atoms with E-state index in [1.165, 1.54) is 10.9 Å². The van der Waals surface area contributed by atoms with Gasteiger partial charge in [0.1, 0.15) is 11.4 Å². The number of carbonyl (C=O) groups is 2. The van der Waals surface area contributed by atoms with Crippen LogP contribution in [0, 0.1) is 18.8 Å². The number of nitrogens with one attached hydrogen (secondary N) is 1. The summed E-state index contributed by atoms with van der Waals surface area (Å²) < 4.78 is 1.34. The molecule has 0 spiro atoms. The van der Waals surface area contributed by atoms with Gasteiger partial charge in [0.25, 0.3) is 11.5 Å². The van der Waals surface area contributed by atoms with Gasteiger partial charge in [-0.05, 0) is 48.9 Å². The number of fused-ring (bicyclic) bond motifs is 1. The highest BCUT2D eigenvalue weighted by Crippen LogP contribution is 2.28. The summed E-state index contributed by atoms with van der Waals surface area (Å²) in [6.07, 6.45) is 2.50. The quantitative estimate of drug-likeness (QED) is 0.617. The molecule has 4 rings (SSSR count). The monoisotopic (exact) mass is 472 g/mol. The summed E-state index contributed by atoms with van der Waals surface area (Å²) >= 11 is 7.15. The number of amides is 2. The number of piperidine rings is 1. The second-order valence-corrected chi connectivity index (χ2v) is 10.1. The molecule has 1 aliphatic rings. The Balaban J connectivity index is 1.59. The van der Waals surface area contributed by atoms with Crippen LogP contribution >= 0.6 is 22.9 Å². The van der Waals surface area contributed by atoms with E-state index >= 15 is 0 Å². The van der Waals surface area contributed by atoms with E-state index in [9.17, 15) is 14.4 Å². The molecule has 0 saturated carbocycles. The number of thiophene rings is 1. The lowest BCUT2D eigenvalue weighted by atomic mass is 9.92. The molecule has 0 radical (unpaired) electrons. The number of carbonyl (C=O) groups excluding carboxylic acids is 2. The average molecular weight is 473 g/mol. The Morgan fingerprint density at radius 3 is 2.66 bits per heavy atom. The number of benzene rings is 1. The zero-order valence-corrected chi connectivity index (χ0v) is 19.8. The first-order chi connectivity index (χ1) is 15.2. The van der Waals surface area contributed by atoms with Crippen LogP contribution in [0.1, 0.15) is 35.5 Å². The molecule has 3 aromatic rings. The lowest BCUT2D eigenvalue weighted by molar-refractivity contribution is -0.134. The predicted molar refractivity (Wildman–Crippen MR) is 128 cm³/mol.